The highest BCUT2D eigenvalue weighted by Crippen LogP contribution is 2.17. The maximum atomic E-state index is 5.34. The SMILES string of the molecule is CCc1nnc(NCCc2ccccc2OC)nc1CC. The van der Waals surface area contributed by atoms with E-state index in [4.69, 9.17) is 4.74 Å². The Kier molecular flexibility index (Phi) is 5.49. The summed E-state index contributed by atoms with van der Waals surface area (Å²) < 4.78 is 5.34. The molecule has 1 aromatic heterocycles. The van der Waals surface area contributed by atoms with E-state index in [1.807, 2.05) is 18.2 Å². The van der Waals surface area contributed by atoms with E-state index in [0.29, 0.717) is 5.95 Å². The highest BCUT2D eigenvalue weighted by molar-refractivity contribution is 5.34. The lowest BCUT2D eigenvalue weighted by molar-refractivity contribution is 0.410. The van der Waals surface area contributed by atoms with Crippen LogP contribution in [0, 0.1) is 0 Å². The zero-order valence-corrected chi connectivity index (χ0v) is 12.9. The summed E-state index contributed by atoms with van der Waals surface area (Å²) in [7, 11) is 1.69. The third-order valence-corrected chi connectivity index (χ3v) is 3.38. The van der Waals surface area contributed by atoms with Crippen molar-refractivity contribution in [3.05, 3.63) is 41.2 Å². The standard InChI is InChI=1S/C16H22N4O/c1-4-13-14(5-2)19-20-16(18-13)17-11-10-12-8-6-7-9-15(12)21-3/h6-9H,4-5,10-11H2,1-3H3,(H,17,18,20). The van der Waals surface area contributed by atoms with Crippen molar-refractivity contribution in [1.82, 2.24) is 15.2 Å². The molecule has 2 aromatic rings. The molecular weight excluding hydrogens is 264 g/mol. The van der Waals surface area contributed by atoms with Crippen molar-refractivity contribution >= 4 is 5.95 Å². The quantitative estimate of drug-likeness (QED) is 0.848. The Hall–Kier alpha value is -2.17. The summed E-state index contributed by atoms with van der Waals surface area (Å²) >= 11 is 0. The number of nitrogens with one attached hydrogen (secondary N) is 1. The smallest absolute Gasteiger partial charge is 0.242 e. The van der Waals surface area contributed by atoms with Gasteiger partial charge in [0, 0.05) is 6.54 Å². The van der Waals surface area contributed by atoms with Crippen LogP contribution in [0.25, 0.3) is 0 Å². The molecule has 0 aliphatic carbocycles. The molecule has 21 heavy (non-hydrogen) atoms. The number of aromatic nitrogens is 3. The average Bonchev–Trinajstić information content (AvgIpc) is 2.55. The van der Waals surface area contributed by atoms with Crippen molar-refractivity contribution in [3.8, 4) is 5.75 Å². The van der Waals surface area contributed by atoms with Gasteiger partial charge in [0.25, 0.3) is 0 Å². The van der Waals surface area contributed by atoms with Gasteiger partial charge in [-0.1, -0.05) is 32.0 Å². The van der Waals surface area contributed by atoms with Crippen LogP contribution in [-0.4, -0.2) is 28.8 Å². The van der Waals surface area contributed by atoms with E-state index >= 15 is 0 Å². The van der Waals surface area contributed by atoms with Crippen LogP contribution in [0.1, 0.15) is 30.8 Å². The highest BCUT2D eigenvalue weighted by atomic mass is 16.5. The number of hydrogen-bond donors (Lipinski definition) is 1. The van der Waals surface area contributed by atoms with E-state index in [1.54, 1.807) is 7.11 Å². The number of methoxy groups -OCH3 is 1. The molecule has 0 fully saturated rings. The van der Waals surface area contributed by atoms with Gasteiger partial charge in [0.1, 0.15) is 5.75 Å². The summed E-state index contributed by atoms with van der Waals surface area (Å²) in [5.41, 5.74) is 3.17. The molecule has 0 spiro atoms. The molecule has 1 aromatic carbocycles. The largest absolute Gasteiger partial charge is 0.496 e. The number of hydrogen-bond acceptors (Lipinski definition) is 5. The third kappa shape index (κ3) is 3.90. The summed E-state index contributed by atoms with van der Waals surface area (Å²) in [4.78, 5) is 4.52. The van der Waals surface area contributed by atoms with Gasteiger partial charge in [-0.15, -0.1) is 5.10 Å². The van der Waals surface area contributed by atoms with Crippen LogP contribution in [-0.2, 0) is 19.3 Å². The molecule has 5 heteroatoms. The van der Waals surface area contributed by atoms with Crippen molar-refractivity contribution in [2.75, 3.05) is 19.0 Å². The molecule has 0 aliphatic heterocycles. The molecule has 0 unspecified atom stereocenters. The van der Waals surface area contributed by atoms with Gasteiger partial charge in [-0.25, -0.2) is 4.98 Å². The fourth-order valence-electron chi connectivity index (χ4n) is 2.23. The molecule has 5 nitrogen and oxygen atoms in total. The normalized spacial score (nSPS) is 10.4. The Morgan fingerprint density at radius 2 is 1.81 bits per heavy atom. The fourth-order valence-corrected chi connectivity index (χ4v) is 2.23. The van der Waals surface area contributed by atoms with Gasteiger partial charge in [0.2, 0.25) is 5.95 Å². The second kappa shape index (κ2) is 7.57. The average molecular weight is 286 g/mol. The van der Waals surface area contributed by atoms with Gasteiger partial charge < -0.3 is 10.1 Å². The topological polar surface area (TPSA) is 59.9 Å². The summed E-state index contributed by atoms with van der Waals surface area (Å²) in [5.74, 6) is 1.51. The Labute approximate surface area is 125 Å². The Morgan fingerprint density at radius 1 is 1.05 bits per heavy atom. The number of ether oxygens (including phenoxy) is 1. The Balaban J connectivity index is 1.97. The number of aryl methyl sites for hydroxylation is 2. The van der Waals surface area contributed by atoms with Crippen LogP contribution in [0.4, 0.5) is 5.95 Å². The minimum atomic E-state index is 0.596. The van der Waals surface area contributed by atoms with Gasteiger partial charge in [-0.3, -0.25) is 0 Å². The van der Waals surface area contributed by atoms with Crippen LogP contribution in [0.5, 0.6) is 5.75 Å². The van der Waals surface area contributed by atoms with E-state index in [2.05, 4.69) is 40.4 Å². The van der Waals surface area contributed by atoms with Gasteiger partial charge in [0.05, 0.1) is 18.5 Å². The summed E-state index contributed by atoms with van der Waals surface area (Å²) in [6, 6.07) is 8.02. The van der Waals surface area contributed by atoms with Crippen molar-refractivity contribution in [1.29, 1.82) is 0 Å². The first kappa shape index (κ1) is 15.2. The van der Waals surface area contributed by atoms with Crippen molar-refractivity contribution in [3.63, 3.8) is 0 Å². The molecule has 0 atom stereocenters. The lowest BCUT2D eigenvalue weighted by atomic mass is 10.1. The van der Waals surface area contributed by atoms with Crippen molar-refractivity contribution in [2.24, 2.45) is 0 Å². The van der Waals surface area contributed by atoms with Gasteiger partial charge in [-0.05, 0) is 30.9 Å². The van der Waals surface area contributed by atoms with Crippen molar-refractivity contribution in [2.45, 2.75) is 33.1 Å². The molecule has 0 amide bonds. The minimum Gasteiger partial charge on any atom is -0.496 e. The van der Waals surface area contributed by atoms with Crippen LogP contribution in [0.15, 0.2) is 24.3 Å². The van der Waals surface area contributed by atoms with Gasteiger partial charge in [-0.2, -0.15) is 5.10 Å². The maximum absolute atomic E-state index is 5.34. The molecular formula is C16H22N4O. The predicted octanol–water partition coefficient (Wildman–Crippen LogP) is 2.66. The minimum absolute atomic E-state index is 0.596. The molecule has 112 valence electrons. The second-order valence-electron chi connectivity index (χ2n) is 4.72. The number of rotatable bonds is 7. The first-order valence-electron chi connectivity index (χ1n) is 7.36. The third-order valence-electron chi connectivity index (χ3n) is 3.38. The van der Waals surface area contributed by atoms with Gasteiger partial charge in [0.15, 0.2) is 0 Å². The van der Waals surface area contributed by atoms with Crippen LogP contribution >= 0.6 is 0 Å². The fraction of sp³-hybridized carbons (Fsp3) is 0.438. The summed E-state index contributed by atoms with van der Waals surface area (Å²) in [6.07, 6.45) is 2.59. The Bertz CT molecular complexity index is 586. The molecule has 0 radical (unpaired) electrons. The monoisotopic (exact) mass is 286 g/mol. The molecule has 0 bridgehead atoms. The Morgan fingerprint density at radius 3 is 2.52 bits per heavy atom. The summed E-state index contributed by atoms with van der Waals surface area (Å²) in [6.45, 7) is 4.90. The summed E-state index contributed by atoms with van der Waals surface area (Å²) in [5, 5.41) is 11.6. The zero-order chi connectivity index (χ0) is 15.1. The highest BCUT2D eigenvalue weighted by Gasteiger charge is 2.06. The lowest BCUT2D eigenvalue weighted by Gasteiger charge is -2.10. The van der Waals surface area contributed by atoms with Crippen LogP contribution in [0.2, 0.25) is 0 Å². The van der Waals surface area contributed by atoms with E-state index in [1.165, 1.54) is 5.56 Å². The van der Waals surface area contributed by atoms with E-state index in [9.17, 15) is 0 Å². The van der Waals surface area contributed by atoms with Crippen LogP contribution < -0.4 is 10.1 Å². The second-order valence-corrected chi connectivity index (χ2v) is 4.72. The van der Waals surface area contributed by atoms with Crippen LogP contribution in [0.3, 0.4) is 0 Å². The molecule has 2 rings (SSSR count). The molecule has 0 saturated carbocycles. The number of nitrogens with zero attached hydrogens (tertiary/aromatic N) is 3. The predicted molar refractivity (Wildman–Crippen MR) is 83.8 cm³/mol. The number of anilines is 1. The molecule has 1 heterocycles. The first-order valence-corrected chi connectivity index (χ1v) is 7.36. The number of para-hydroxylation sites is 1. The van der Waals surface area contributed by atoms with E-state index in [0.717, 1.165) is 42.9 Å². The maximum Gasteiger partial charge on any atom is 0.242 e. The van der Waals surface area contributed by atoms with E-state index < -0.39 is 0 Å². The first-order chi connectivity index (χ1) is 10.3. The number of benzene rings is 1. The van der Waals surface area contributed by atoms with Gasteiger partial charge >= 0.3 is 0 Å². The van der Waals surface area contributed by atoms with Crippen molar-refractivity contribution < 1.29 is 4.74 Å². The van der Waals surface area contributed by atoms with E-state index in [-0.39, 0.29) is 0 Å². The molecule has 0 saturated heterocycles. The molecule has 1 N–H and O–H groups in total. The zero-order valence-electron chi connectivity index (χ0n) is 12.9. The molecule has 0 aliphatic rings. The lowest BCUT2D eigenvalue weighted by Crippen LogP contribution is -2.12.